The van der Waals surface area contributed by atoms with Gasteiger partial charge in [0.25, 0.3) is 0 Å². The van der Waals surface area contributed by atoms with Crippen LogP contribution in [0, 0.1) is 6.92 Å². The highest BCUT2D eigenvalue weighted by Gasteiger charge is 2.37. The Morgan fingerprint density at radius 3 is 1.81 bits per heavy atom. The van der Waals surface area contributed by atoms with Gasteiger partial charge in [0.1, 0.15) is 63.4 Å². The van der Waals surface area contributed by atoms with Gasteiger partial charge < -0.3 is 33.6 Å². The quantitative estimate of drug-likeness (QED) is 0.154. The molecule has 4 aliphatic heterocycles. The highest BCUT2D eigenvalue weighted by atomic mass is 16.6. The fraction of sp³-hybridized carbons (Fsp3) is 0.196. The number of carbonyl (C=O) groups is 3. The molecule has 4 aromatic carbocycles. The minimum absolute atomic E-state index is 0.00389. The standard InChI is InChI=1S/C19H16O5.C17H14O4.C15H12O3/c1-10(20)6-12-7-11-4-3-5-13-17(11)15(23-12)8-16-18(13)14(21)9-19(2,22)24-16;1-9(18)6-12-7-11-4-3-5-13-16(10(2)19)14(20)8-15(21-12)17(11)13;1-8-6-10-4-3-5-11-14(9(2)16)12(17)7-13(18-8)15(10)11/h3-5,7-8,22H,6,9H2,1-2H3;3-5,7-8,19H,6H2,1-2H3;3-7,16H,1-2H3/t19-;;/m0../s1. The van der Waals surface area contributed by atoms with Crippen molar-refractivity contribution < 1.29 is 48.0 Å². The zero-order valence-electron chi connectivity index (χ0n) is 35.3. The molecule has 4 aromatic rings. The van der Waals surface area contributed by atoms with Gasteiger partial charge in [-0.2, -0.15) is 0 Å². The summed E-state index contributed by atoms with van der Waals surface area (Å²) in [5, 5.41) is 35.1. The van der Waals surface area contributed by atoms with Crippen molar-refractivity contribution in [2.45, 2.75) is 66.6 Å². The lowest BCUT2D eigenvalue weighted by molar-refractivity contribution is -0.123. The van der Waals surface area contributed by atoms with Crippen molar-refractivity contribution in [3.63, 3.8) is 0 Å². The number of hydrogen-bond acceptors (Lipinski definition) is 12. The summed E-state index contributed by atoms with van der Waals surface area (Å²) in [7, 11) is 0. The van der Waals surface area contributed by atoms with Gasteiger partial charge in [-0.1, -0.05) is 54.6 Å². The number of allylic oxidation sites excluding steroid dienone is 1. The Labute approximate surface area is 359 Å². The molecule has 1 atom stereocenters. The number of aliphatic hydroxyl groups is 3. The summed E-state index contributed by atoms with van der Waals surface area (Å²) in [6.07, 6.45) is 2.12. The molecule has 3 N–H and O–H groups in total. The van der Waals surface area contributed by atoms with Gasteiger partial charge in [-0.15, -0.1) is 0 Å². The van der Waals surface area contributed by atoms with Gasteiger partial charge in [-0.25, -0.2) is 0 Å². The molecule has 0 saturated heterocycles. The minimum Gasteiger partial charge on any atom is -0.512 e. The number of rotatable bonds is 4. The van der Waals surface area contributed by atoms with Crippen molar-refractivity contribution in [3.8, 4) is 34.1 Å². The average Bonchev–Trinajstić information content (AvgIpc) is 3.16. The fourth-order valence-electron chi connectivity index (χ4n) is 8.50. The first kappa shape index (κ1) is 42.1. The van der Waals surface area contributed by atoms with Crippen LogP contribution < -0.4 is 30.8 Å². The van der Waals surface area contributed by atoms with E-state index in [0.717, 1.165) is 49.4 Å². The lowest BCUT2D eigenvalue weighted by atomic mass is 9.90. The second kappa shape index (κ2) is 16.0. The summed E-state index contributed by atoms with van der Waals surface area (Å²) < 4.78 is 22.7. The van der Waals surface area contributed by atoms with Crippen molar-refractivity contribution in [2.75, 3.05) is 0 Å². The van der Waals surface area contributed by atoms with Crippen LogP contribution in [0.3, 0.4) is 0 Å². The number of aliphatic hydroxyl groups excluding tert-OH is 2. The summed E-state index contributed by atoms with van der Waals surface area (Å²) >= 11 is 0. The first-order valence-corrected chi connectivity index (χ1v) is 20.1. The summed E-state index contributed by atoms with van der Waals surface area (Å²) in [6.45, 7) is 9.33. The predicted octanol–water partition coefficient (Wildman–Crippen LogP) is 8.27. The van der Waals surface area contributed by atoms with E-state index in [-0.39, 0.29) is 59.0 Å². The Kier molecular flexibility index (Phi) is 10.7. The van der Waals surface area contributed by atoms with Crippen molar-refractivity contribution in [3.05, 3.63) is 144 Å². The maximum Gasteiger partial charge on any atom is 0.212 e. The Bertz CT molecular complexity index is 3410. The van der Waals surface area contributed by atoms with E-state index in [4.69, 9.17) is 18.3 Å². The third-order valence-corrected chi connectivity index (χ3v) is 10.8. The van der Waals surface area contributed by atoms with E-state index < -0.39 is 5.79 Å². The van der Waals surface area contributed by atoms with E-state index in [1.807, 2.05) is 67.6 Å². The van der Waals surface area contributed by atoms with Crippen LogP contribution in [0.15, 0.2) is 109 Å². The van der Waals surface area contributed by atoms with Crippen LogP contribution in [0.4, 0.5) is 0 Å². The normalized spacial score (nSPS) is 16.3. The lowest BCUT2D eigenvalue weighted by Gasteiger charge is -2.32. The van der Waals surface area contributed by atoms with Crippen molar-refractivity contribution >= 4 is 67.3 Å². The molecule has 0 radical (unpaired) electrons. The van der Waals surface area contributed by atoms with Gasteiger partial charge in [-0.3, -0.25) is 24.0 Å². The van der Waals surface area contributed by atoms with E-state index in [1.54, 1.807) is 18.2 Å². The van der Waals surface area contributed by atoms with Crippen molar-refractivity contribution in [1.82, 2.24) is 0 Å². The van der Waals surface area contributed by atoms with Crippen LogP contribution in [0.5, 0.6) is 11.5 Å². The first-order valence-electron chi connectivity index (χ1n) is 20.1. The highest BCUT2D eigenvalue weighted by Crippen LogP contribution is 2.45. The van der Waals surface area contributed by atoms with E-state index in [9.17, 15) is 39.3 Å². The third kappa shape index (κ3) is 8.04. The van der Waals surface area contributed by atoms with Gasteiger partial charge in [-0.05, 0) is 69.2 Å². The van der Waals surface area contributed by atoms with Gasteiger partial charge in [0.05, 0.1) is 35.3 Å². The number of ether oxygens (including phenoxy) is 2. The largest absolute Gasteiger partial charge is 0.512 e. The molecule has 6 aliphatic rings. The van der Waals surface area contributed by atoms with E-state index >= 15 is 0 Å². The van der Waals surface area contributed by atoms with Crippen LogP contribution in [0.25, 0.3) is 72.6 Å². The molecule has 0 unspecified atom stereocenters. The number of hydrogen-bond donors (Lipinski definition) is 3. The van der Waals surface area contributed by atoms with Gasteiger partial charge in [0.15, 0.2) is 16.6 Å². The molecule has 0 fully saturated rings. The van der Waals surface area contributed by atoms with Crippen LogP contribution in [0.2, 0.25) is 0 Å². The molecule has 10 rings (SSSR count). The highest BCUT2D eigenvalue weighted by molar-refractivity contribution is 6.15. The minimum atomic E-state index is -1.53. The average molecular weight is 847 g/mol. The fourth-order valence-corrected chi connectivity index (χ4v) is 8.50. The molecule has 2 aliphatic carbocycles. The second-order valence-corrected chi connectivity index (χ2v) is 16.1. The molecule has 0 saturated carbocycles. The smallest absolute Gasteiger partial charge is 0.212 e. The molecule has 0 spiro atoms. The summed E-state index contributed by atoms with van der Waals surface area (Å²) in [6, 6.07) is 25.0. The summed E-state index contributed by atoms with van der Waals surface area (Å²) in [5.41, 5.74) is 2.52. The van der Waals surface area contributed by atoms with E-state index in [1.165, 1.54) is 46.8 Å². The van der Waals surface area contributed by atoms with Crippen LogP contribution in [-0.2, 0) is 16.0 Å². The van der Waals surface area contributed by atoms with Crippen LogP contribution in [0.1, 0.15) is 74.9 Å². The lowest BCUT2D eigenvalue weighted by Crippen LogP contribution is -2.38. The number of Topliss-reactive ketones (excluding diaryl/α,β-unsaturated/α-hetero) is 3. The number of ketones is 3. The molecule has 63 heavy (non-hydrogen) atoms. The molecule has 0 bridgehead atoms. The van der Waals surface area contributed by atoms with E-state index in [2.05, 4.69) is 0 Å². The topological polar surface area (TPSA) is 191 Å². The molecule has 318 valence electrons. The second-order valence-electron chi connectivity index (χ2n) is 16.1. The predicted molar refractivity (Wildman–Crippen MR) is 239 cm³/mol. The van der Waals surface area contributed by atoms with E-state index in [0.29, 0.717) is 55.9 Å². The number of carbonyl (C=O) groups excluding carboxylic acids is 3. The van der Waals surface area contributed by atoms with Gasteiger partial charge >= 0.3 is 0 Å². The third-order valence-electron chi connectivity index (χ3n) is 10.8. The Morgan fingerprint density at radius 1 is 0.667 bits per heavy atom. The molecule has 0 aromatic heterocycles. The Balaban J connectivity index is 0.000000131. The van der Waals surface area contributed by atoms with Gasteiger partial charge in [0.2, 0.25) is 5.79 Å². The number of benzene rings is 6. The molecule has 4 heterocycles. The Morgan fingerprint density at radius 2 is 1.22 bits per heavy atom. The van der Waals surface area contributed by atoms with Crippen molar-refractivity contribution in [1.29, 1.82) is 0 Å². The molecule has 12 nitrogen and oxygen atoms in total. The molecule has 0 amide bonds. The van der Waals surface area contributed by atoms with Gasteiger partial charge in [0, 0.05) is 57.8 Å². The maximum absolute atomic E-state index is 12.5. The zero-order chi connectivity index (χ0) is 45.1. The molecular formula is C51H42O12. The first-order chi connectivity index (χ1) is 29.9. The summed E-state index contributed by atoms with van der Waals surface area (Å²) in [5.74, 6) is 2.01. The monoisotopic (exact) mass is 846 g/mol. The van der Waals surface area contributed by atoms with Crippen LogP contribution in [-0.4, -0.2) is 38.5 Å². The Hall–Kier alpha value is -7.57. The molecular weight excluding hydrogens is 805 g/mol. The maximum atomic E-state index is 12.5. The zero-order valence-corrected chi connectivity index (χ0v) is 35.3. The SMILES string of the molecule is CC(=O)CC1=Cc2cccc3c4c(cc(c23)O1)O[C@](C)(O)CC4=O.CC(=O)Cc1cc2cccc3c2-c(cc(=O)c3=C(C)O)o1.CC(O)=c1c(=O)cc2oc(C)cc3cccc1c3-2. The number of fused-ring (bicyclic) bond motifs is 2. The van der Waals surface area contributed by atoms with Crippen LogP contribution >= 0.6 is 0 Å². The summed E-state index contributed by atoms with van der Waals surface area (Å²) in [4.78, 5) is 59.4. The number of aryl methyl sites for hydroxylation is 1. The van der Waals surface area contributed by atoms with Crippen molar-refractivity contribution in [2.24, 2.45) is 0 Å². The molecule has 12 heteroatoms.